The lowest BCUT2D eigenvalue weighted by Gasteiger charge is -2.19. The molecule has 0 spiro atoms. The van der Waals surface area contributed by atoms with E-state index >= 15 is 0 Å². The van der Waals surface area contributed by atoms with Gasteiger partial charge in [0, 0.05) is 13.3 Å². The first-order valence-corrected chi connectivity index (χ1v) is 5.84. The summed E-state index contributed by atoms with van der Waals surface area (Å²) in [5.41, 5.74) is -0.639. The zero-order chi connectivity index (χ0) is 13.9. The van der Waals surface area contributed by atoms with Crippen LogP contribution in [0.3, 0.4) is 0 Å². The zero-order valence-electron chi connectivity index (χ0n) is 11.1. The maximum Gasteiger partial charge on any atom is 0.311 e. The van der Waals surface area contributed by atoms with Crippen molar-refractivity contribution in [1.29, 1.82) is 0 Å². The van der Waals surface area contributed by atoms with E-state index in [4.69, 9.17) is 14.2 Å². The largest absolute Gasteiger partial charge is 0.462 e. The fraction of sp³-hybridized carbons (Fsp3) is 0.833. The van der Waals surface area contributed by atoms with Crippen molar-refractivity contribution >= 4 is 11.9 Å². The molecule has 0 aromatic heterocycles. The fourth-order valence-electron chi connectivity index (χ4n) is 1.45. The summed E-state index contributed by atoms with van der Waals surface area (Å²) in [5, 5.41) is 0. The number of esters is 2. The topological polar surface area (TPSA) is 61.8 Å². The lowest BCUT2D eigenvalue weighted by Crippen LogP contribution is -2.30. The lowest BCUT2D eigenvalue weighted by atomic mass is 9.97. The maximum absolute atomic E-state index is 13.5. The molecule has 18 heavy (non-hydrogen) atoms. The van der Waals surface area contributed by atoms with E-state index in [1.54, 1.807) is 20.8 Å². The highest BCUT2D eigenvalue weighted by atomic mass is 19.1. The van der Waals surface area contributed by atoms with Crippen LogP contribution in [0.25, 0.3) is 0 Å². The molecule has 6 heteroatoms. The Kier molecular flexibility index (Phi) is 4.67. The van der Waals surface area contributed by atoms with Crippen molar-refractivity contribution in [3.05, 3.63) is 0 Å². The highest BCUT2D eigenvalue weighted by molar-refractivity contribution is 5.75. The van der Waals surface area contributed by atoms with E-state index in [0.29, 0.717) is 0 Å². The van der Waals surface area contributed by atoms with Gasteiger partial charge < -0.3 is 14.2 Å². The fourth-order valence-corrected chi connectivity index (χ4v) is 1.45. The van der Waals surface area contributed by atoms with Crippen LogP contribution in [-0.2, 0) is 23.8 Å². The Morgan fingerprint density at radius 3 is 2.50 bits per heavy atom. The molecule has 0 aromatic rings. The third kappa shape index (κ3) is 4.25. The number of carbonyl (C=O) groups is 2. The Hall–Kier alpha value is -1.17. The van der Waals surface area contributed by atoms with E-state index < -0.39 is 35.9 Å². The van der Waals surface area contributed by atoms with Gasteiger partial charge in [-0.3, -0.25) is 9.59 Å². The predicted molar refractivity (Wildman–Crippen MR) is 60.4 cm³/mol. The minimum Gasteiger partial charge on any atom is -0.462 e. The molecule has 0 aliphatic carbocycles. The molecule has 3 atom stereocenters. The van der Waals surface area contributed by atoms with Crippen LogP contribution in [0.4, 0.5) is 4.39 Å². The van der Waals surface area contributed by atoms with Crippen LogP contribution in [-0.4, -0.2) is 37.1 Å². The summed E-state index contributed by atoms with van der Waals surface area (Å²) in [7, 11) is 0. The Balaban J connectivity index is 2.40. The molecule has 0 unspecified atom stereocenters. The van der Waals surface area contributed by atoms with E-state index in [0.717, 1.165) is 0 Å². The van der Waals surface area contributed by atoms with Gasteiger partial charge in [0.25, 0.3) is 0 Å². The van der Waals surface area contributed by atoms with E-state index in [1.807, 2.05) is 0 Å². The highest BCUT2D eigenvalue weighted by Crippen LogP contribution is 2.25. The Morgan fingerprint density at radius 2 is 2.00 bits per heavy atom. The summed E-state index contributed by atoms with van der Waals surface area (Å²) in [4.78, 5) is 22.2. The Labute approximate surface area is 106 Å². The number of hydrogen-bond acceptors (Lipinski definition) is 5. The number of halogens is 1. The van der Waals surface area contributed by atoms with Gasteiger partial charge in [0.15, 0.2) is 0 Å². The van der Waals surface area contributed by atoms with E-state index in [-0.39, 0.29) is 13.0 Å². The quantitative estimate of drug-likeness (QED) is 0.723. The van der Waals surface area contributed by atoms with Crippen LogP contribution in [0.2, 0.25) is 0 Å². The third-order valence-electron chi connectivity index (χ3n) is 2.44. The first-order valence-electron chi connectivity index (χ1n) is 5.84. The van der Waals surface area contributed by atoms with Crippen molar-refractivity contribution < 1.29 is 28.2 Å². The summed E-state index contributed by atoms with van der Waals surface area (Å²) in [5.74, 6) is -0.950. The van der Waals surface area contributed by atoms with Crippen LogP contribution in [0, 0.1) is 5.41 Å². The normalized spacial score (nSPS) is 27.9. The van der Waals surface area contributed by atoms with Crippen molar-refractivity contribution in [2.24, 2.45) is 5.41 Å². The zero-order valence-corrected chi connectivity index (χ0v) is 11.1. The summed E-state index contributed by atoms with van der Waals surface area (Å²) < 4.78 is 28.4. The third-order valence-corrected chi connectivity index (χ3v) is 2.44. The van der Waals surface area contributed by atoms with E-state index in [9.17, 15) is 14.0 Å². The standard InChI is InChI=1S/C12H19FO5/c1-7(14)17-10-5-8(13)9(18-10)6-16-11(15)12(2,3)4/h8-10H,5-6H2,1-4H3/t8-,9+,10-/m0/s1. The molecule has 0 radical (unpaired) electrons. The number of ether oxygens (including phenoxy) is 3. The number of rotatable bonds is 3. The number of hydrogen-bond donors (Lipinski definition) is 0. The van der Waals surface area contributed by atoms with Crippen LogP contribution >= 0.6 is 0 Å². The molecule has 0 saturated carbocycles. The first kappa shape index (κ1) is 14.9. The van der Waals surface area contributed by atoms with Gasteiger partial charge >= 0.3 is 11.9 Å². The number of alkyl halides is 1. The van der Waals surface area contributed by atoms with Gasteiger partial charge in [0.1, 0.15) is 18.9 Å². The highest BCUT2D eigenvalue weighted by Gasteiger charge is 2.38. The van der Waals surface area contributed by atoms with Crippen LogP contribution in [0.15, 0.2) is 0 Å². The predicted octanol–water partition coefficient (Wildman–Crippen LogP) is 1.59. The second-order valence-corrected chi connectivity index (χ2v) is 5.31. The molecule has 1 aliphatic heterocycles. The van der Waals surface area contributed by atoms with Crippen LogP contribution < -0.4 is 0 Å². The molecular formula is C12H19FO5. The Bertz CT molecular complexity index is 323. The molecule has 1 fully saturated rings. The van der Waals surface area contributed by atoms with Gasteiger partial charge in [0.2, 0.25) is 6.29 Å². The number of carbonyl (C=O) groups excluding carboxylic acids is 2. The molecule has 1 heterocycles. The van der Waals surface area contributed by atoms with Crippen LogP contribution in [0.1, 0.15) is 34.1 Å². The average Bonchev–Trinajstić information content (AvgIpc) is 2.52. The smallest absolute Gasteiger partial charge is 0.311 e. The van der Waals surface area contributed by atoms with Crippen molar-refractivity contribution in [2.45, 2.75) is 52.7 Å². The maximum atomic E-state index is 13.5. The SMILES string of the molecule is CC(=O)O[C@@H]1C[C@H](F)[C@@H](COC(=O)C(C)(C)C)O1. The van der Waals surface area contributed by atoms with Crippen molar-refractivity contribution in [3.63, 3.8) is 0 Å². The molecule has 5 nitrogen and oxygen atoms in total. The van der Waals surface area contributed by atoms with Gasteiger partial charge in [0.05, 0.1) is 5.41 Å². The second kappa shape index (κ2) is 5.65. The van der Waals surface area contributed by atoms with Crippen LogP contribution in [0.5, 0.6) is 0 Å². The molecule has 0 N–H and O–H groups in total. The molecule has 1 rings (SSSR count). The molecule has 0 amide bonds. The minimum absolute atomic E-state index is 0.0304. The summed E-state index contributed by atoms with van der Waals surface area (Å²) in [6, 6.07) is 0. The van der Waals surface area contributed by atoms with Gasteiger partial charge in [-0.1, -0.05) is 0 Å². The van der Waals surface area contributed by atoms with Gasteiger partial charge in [-0.15, -0.1) is 0 Å². The van der Waals surface area contributed by atoms with Crippen molar-refractivity contribution in [1.82, 2.24) is 0 Å². The van der Waals surface area contributed by atoms with Gasteiger partial charge in [-0.25, -0.2) is 4.39 Å². The van der Waals surface area contributed by atoms with E-state index in [1.165, 1.54) is 6.92 Å². The van der Waals surface area contributed by atoms with Gasteiger partial charge in [-0.05, 0) is 20.8 Å². The molecule has 104 valence electrons. The summed E-state index contributed by atoms with van der Waals surface area (Å²) in [6.45, 7) is 6.18. The monoisotopic (exact) mass is 262 g/mol. The molecule has 0 bridgehead atoms. The van der Waals surface area contributed by atoms with E-state index in [2.05, 4.69) is 0 Å². The molecular weight excluding hydrogens is 243 g/mol. The molecule has 1 saturated heterocycles. The first-order chi connectivity index (χ1) is 8.20. The van der Waals surface area contributed by atoms with Crippen molar-refractivity contribution in [3.8, 4) is 0 Å². The van der Waals surface area contributed by atoms with Crippen molar-refractivity contribution in [2.75, 3.05) is 6.61 Å². The van der Waals surface area contributed by atoms with Gasteiger partial charge in [-0.2, -0.15) is 0 Å². The molecule has 0 aromatic carbocycles. The summed E-state index contributed by atoms with van der Waals surface area (Å²) in [6.07, 6.45) is -3.10. The lowest BCUT2D eigenvalue weighted by molar-refractivity contribution is -0.180. The summed E-state index contributed by atoms with van der Waals surface area (Å²) >= 11 is 0. The second-order valence-electron chi connectivity index (χ2n) is 5.31. The average molecular weight is 262 g/mol. The minimum atomic E-state index is -1.30. The Morgan fingerprint density at radius 1 is 1.39 bits per heavy atom. The molecule has 1 aliphatic rings.